The first kappa shape index (κ1) is 37.9. The van der Waals surface area contributed by atoms with Gasteiger partial charge in [0.15, 0.2) is 5.78 Å². The maximum absolute atomic E-state index is 13.1. The van der Waals surface area contributed by atoms with Crippen molar-refractivity contribution in [3.8, 4) is 0 Å². The van der Waals surface area contributed by atoms with E-state index in [2.05, 4.69) is 16.0 Å². The maximum Gasteiger partial charge on any atom is 0.408 e. The Labute approximate surface area is 270 Å². The molecule has 0 heterocycles. The van der Waals surface area contributed by atoms with Gasteiger partial charge in [0.1, 0.15) is 18.7 Å². The Kier molecular flexibility index (Phi) is 16.4. The quantitative estimate of drug-likeness (QED) is 0.0875. The fraction of sp³-hybridized carbons (Fsp3) is 0.500. The summed E-state index contributed by atoms with van der Waals surface area (Å²) >= 11 is 0. The fourth-order valence-electron chi connectivity index (χ4n) is 4.74. The number of nitrogens with two attached hydrogens (primary N) is 1. The van der Waals surface area contributed by atoms with Gasteiger partial charge >= 0.3 is 12.1 Å². The Morgan fingerprint density at radius 1 is 0.870 bits per heavy atom. The number of amides is 3. The SMILES string of the molecule is COC(=O)C(NC(=O)C(N)C(CNC(=O)[C@H](C)NC(=O)OCc1ccccc1)CC(O)CCCCC(=O)c1ccccc1)C(C)C. The molecule has 2 rings (SSSR count). The van der Waals surface area contributed by atoms with E-state index in [0.717, 1.165) is 5.56 Å². The first-order valence-electron chi connectivity index (χ1n) is 15.6. The number of aliphatic hydroxyl groups excluding tert-OH is 1. The van der Waals surface area contributed by atoms with E-state index < -0.39 is 54.0 Å². The molecule has 2 aromatic rings. The molecule has 0 spiro atoms. The molecule has 0 fully saturated rings. The molecule has 46 heavy (non-hydrogen) atoms. The summed E-state index contributed by atoms with van der Waals surface area (Å²) < 4.78 is 9.97. The van der Waals surface area contributed by atoms with Crippen LogP contribution in [-0.2, 0) is 30.5 Å². The Bertz CT molecular complexity index is 1260. The summed E-state index contributed by atoms with van der Waals surface area (Å²) in [6, 6.07) is 15.0. The first-order chi connectivity index (χ1) is 21.9. The highest BCUT2D eigenvalue weighted by molar-refractivity contribution is 5.96. The Hall–Kier alpha value is -4.29. The molecule has 0 aliphatic carbocycles. The van der Waals surface area contributed by atoms with Gasteiger partial charge in [0.2, 0.25) is 11.8 Å². The molecule has 0 saturated carbocycles. The molecule has 0 aliphatic rings. The summed E-state index contributed by atoms with van der Waals surface area (Å²) in [5, 5.41) is 18.6. The molecule has 5 atom stereocenters. The highest BCUT2D eigenvalue weighted by Crippen LogP contribution is 2.17. The minimum absolute atomic E-state index is 0.0198. The molecule has 0 radical (unpaired) electrons. The number of carbonyl (C=O) groups excluding carboxylic acids is 5. The van der Waals surface area contributed by atoms with Gasteiger partial charge in [-0.3, -0.25) is 14.4 Å². The molecule has 0 bridgehead atoms. The molecule has 6 N–H and O–H groups in total. The van der Waals surface area contributed by atoms with Crippen molar-refractivity contribution in [1.82, 2.24) is 16.0 Å². The second kappa shape index (κ2) is 20.0. The number of hydrogen-bond acceptors (Lipinski definition) is 9. The summed E-state index contributed by atoms with van der Waals surface area (Å²) in [6.45, 7) is 4.92. The molecular formula is C34H48N4O8. The summed E-state index contributed by atoms with van der Waals surface area (Å²) in [5.74, 6) is -2.79. The van der Waals surface area contributed by atoms with Crippen LogP contribution < -0.4 is 21.7 Å². The first-order valence-corrected chi connectivity index (χ1v) is 15.6. The maximum atomic E-state index is 13.1. The number of carbonyl (C=O) groups is 5. The Balaban J connectivity index is 1.97. The monoisotopic (exact) mass is 640 g/mol. The van der Waals surface area contributed by atoms with Crippen LogP contribution in [0.1, 0.15) is 68.8 Å². The molecule has 0 aromatic heterocycles. The van der Waals surface area contributed by atoms with E-state index in [0.29, 0.717) is 31.2 Å². The Morgan fingerprint density at radius 3 is 2.11 bits per heavy atom. The number of benzene rings is 2. The van der Waals surface area contributed by atoms with Crippen molar-refractivity contribution in [3.05, 3.63) is 71.8 Å². The molecular weight excluding hydrogens is 592 g/mol. The van der Waals surface area contributed by atoms with Gasteiger partial charge in [0, 0.05) is 24.4 Å². The van der Waals surface area contributed by atoms with Crippen molar-refractivity contribution in [1.29, 1.82) is 0 Å². The lowest BCUT2D eigenvalue weighted by Crippen LogP contribution is -2.55. The molecule has 2 aromatic carbocycles. The number of methoxy groups -OCH3 is 1. The average molecular weight is 641 g/mol. The Morgan fingerprint density at radius 2 is 1.50 bits per heavy atom. The van der Waals surface area contributed by atoms with Crippen LogP contribution in [-0.4, -0.2) is 72.7 Å². The fourth-order valence-corrected chi connectivity index (χ4v) is 4.74. The second-order valence-electron chi connectivity index (χ2n) is 11.6. The van der Waals surface area contributed by atoms with E-state index >= 15 is 0 Å². The van der Waals surface area contributed by atoms with Crippen LogP contribution in [0, 0.1) is 11.8 Å². The molecule has 0 aliphatic heterocycles. The largest absolute Gasteiger partial charge is 0.467 e. The highest BCUT2D eigenvalue weighted by Gasteiger charge is 2.32. The standard InChI is InChI=1S/C34H48N4O8/c1-22(2)30(33(43)45-4)38-32(42)29(35)26(19-27(39)17-11-12-18-28(40)25-15-9-6-10-16-25)20-36-31(41)23(3)37-34(44)46-21-24-13-7-5-8-14-24/h5-10,13-16,22-23,26-27,29-30,39H,11-12,17-21,35H2,1-4H3,(H,36,41)(H,37,44)(H,38,42)/t23-,26?,27?,29?,30?/m0/s1. The third-order valence-corrected chi connectivity index (χ3v) is 7.57. The normalized spacial score (nSPS) is 14.2. The van der Waals surface area contributed by atoms with Crippen molar-refractivity contribution in [2.24, 2.45) is 17.6 Å². The second-order valence-corrected chi connectivity index (χ2v) is 11.6. The number of Topliss-reactive ketones (excluding diaryl/α,β-unsaturated/α-hetero) is 1. The van der Waals surface area contributed by atoms with Crippen LogP contribution in [0.3, 0.4) is 0 Å². The van der Waals surface area contributed by atoms with E-state index in [9.17, 15) is 29.1 Å². The minimum Gasteiger partial charge on any atom is -0.467 e. The van der Waals surface area contributed by atoms with Crippen LogP contribution in [0.4, 0.5) is 4.79 Å². The van der Waals surface area contributed by atoms with Crippen LogP contribution in [0.15, 0.2) is 60.7 Å². The van der Waals surface area contributed by atoms with E-state index in [4.69, 9.17) is 15.2 Å². The summed E-state index contributed by atoms with van der Waals surface area (Å²) in [7, 11) is 1.22. The van der Waals surface area contributed by atoms with Crippen LogP contribution in [0.5, 0.6) is 0 Å². The van der Waals surface area contributed by atoms with Crippen molar-refractivity contribution < 1.29 is 38.6 Å². The van der Waals surface area contributed by atoms with Gasteiger partial charge in [-0.1, -0.05) is 80.9 Å². The van der Waals surface area contributed by atoms with Gasteiger partial charge in [-0.15, -0.1) is 0 Å². The summed E-state index contributed by atoms with van der Waals surface area (Å²) in [5.41, 5.74) is 7.76. The zero-order chi connectivity index (χ0) is 34.1. The van der Waals surface area contributed by atoms with E-state index in [1.54, 1.807) is 50.2 Å². The van der Waals surface area contributed by atoms with Gasteiger partial charge in [-0.25, -0.2) is 9.59 Å². The van der Waals surface area contributed by atoms with Crippen molar-refractivity contribution >= 4 is 29.7 Å². The number of unbranched alkanes of at least 4 members (excludes halogenated alkanes) is 1. The third-order valence-electron chi connectivity index (χ3n) is 7.57. The smallest absolute Gasteiger partial charge is 0.408 e. The predicted octanol–water partition coefficient (Wildman–Crippen LogP) is 2.87. The van der Waals surface area contributed by atoms with Crippen molar-refractivity contribution in [2.75, 3.05) is 13.7 Å². The van der Waals surface area contributed by atoms with Crippen molar-refractivity contribution in [3.63, 3.8) is 0 Å². The molecule has 3 amide bonds. The van der Waals surface area contributed by atoms with Crippen LogP contribution in [0.25, 0.3) is 0 Å². The number of aliphatic hydroxyl groups is 1. The van der Waals surface area contributed by atoms with Gasteiger partial charge in [-0.2, -0.15) is 0 Å². The molecule has 12 nitrogen and oxygen atoms in total. The molecule has 0 saturated heterocycles. The van der Waals surface area contributed by atoms with Gasteiger partial charge < -0.3 is 36.3 Å². The number of hydrogen-bond donors (Lipinski definition) is 5. The lowest BCUT2D eigenvalue weighted by Gasteiger charge is -2.28. The van der Waals surface area contributed by atoms with Gasteiger partial charge in [-0.05, 0) is 37.7 Å². The topological polar surface area (TPSA) is 186 Å². The lowest BCUT2D eigenvalue weighted by molar-refractivity contribution is -0.146. The molecule has 12 heteroatoms. The summed E-state index contributed by atoms with van der Waals surface area (Å²) in [6.07, 6.45) is 0.221. The zero-order valence-electron chi connectivity index (χ0n) is 27.1. The number of nitrogens with one attached hydrogen (secondary N) is 3. The van der Waals surface area contributed by atoms with Gasteiger partial charge in [0.05, 0.1) is 19.3 Å². The van der Waals surface area contributed by atoms with Crippen LogP contribution in [0.2, 0.25) is 0 Å². The number of ether oxygens (including phenoxy) is 2. The average Bonchev–Trinajstić information content (AvgIpc) is 3.06. The van der Waals surface area contributed by atoms with Crippen LogP contribution >= 0.6 is 0 Å². The highest BCUT2D eigenvalue weighted by atomic mass is 16.5. The number of alkyl carbamates (subject to hydrolysis) is 1. The van der Waals surface area contributed by atoms with E-state index in [1.165, 1.54) is 14.0 Å². The third kappa shape index (κ3) is 13.4. The molecule has 252 valence electrons. The minimum atomic E-state index is -1.19. The van der Waals surface area contributed by atoms with E-state index in [-0.39, 0.29) is 31.3 Å². The summed E-state index contributed by atoms with van der Waals surface area (Å²) in [4.78, 5) is 62.8. The number of esters is 1. The predicted molar refractivity (Wildman–Crippen MR) is 172 cm³/mol. The number of ketones is 1. The van der Waals surface area contributed by atoms with Gasteiger partial charge in [0.25, 0.3) is 0 Å². The number of rotatable bonds is 19. The zero-order valence-corrected chi connectivity index (χ0v) is 27.1. The lowest BCUT2D eigenvalue weighted by atomic mass is 9.90. The van der Waals surface area contributed by atoms with Crippen molar-refractivity contribution in [2.45, 2.75) is 83.7 Å². The van der Waals surface area contributed by atoms with E-state index in [1.807, 2.05) is 24.3 Å². The molecule has 4 unspecified atom stereocenters.